The van der Waals surface area contributed by atoms with E-state index in [1.807, 2.05) is 29.9 Å². The highest BCUT2D eigenvalue weighted by atomic mass is 32.1. The lowest BCUT2D eigenvalue weighted by Crippen LogP contribution is -1.90. The van der Waals surface area contributed by atoms with E-state index in [0.717, 1.165) is 27.5 Å². The molecule has 0 saturated carbocycles. The van der Waals surface area contributed by atoms with Gasteiger partial charge in [0.15, 0.2) is 0 Å². The molecule has 4 aromatic heterocycles. The molecule has 4 nitrogen and oxygen atoms in total. The summed E-state index contributed by atoms with van der Waals surface area (Å²) in [6.45, 7) is 0. The molecule has 0 atom stereocenters. The third kappa shape index (κ3) is 1.73. The summed E-state index contributed by atoms with van der Waals surface area (Å²) in [6.07, 6.45) is 3.63. The lowest BCUT2D eigenvalue weighted by Gasteiger charge is -1.99. The highest BCUT2D eigenvalue weighted by Crippen LogP contribution is 2.31. The van der Waals surface area contributed by atoms with Gasteiger partial charge in [-0.3, -0.25) is 0 Å². The fraction of sp³-hybridized carbons (Fsp3) is 0.0625. The molecule has 5 heteroatoms. The number of rotatable bonds is 1. The van der Waals surface area contributed by atoms with Crippen LogP contribution in [0.15, 0.2) is 42.0 Å². The van der Waals surface area contributed by atoms with Crippen molar-refractivity contribution < 1.29 is 0 Å². The van der Waals surface area contributed by atoms with Gasteiger partial charge in [-0.25, -0.2) is 9.97 Å². The molecule has 0 unspecified atom stereocenters. The Morgan fingerprint density at radius 2 is 2.10 bits per heavy atom. The van der Waals surface area contributed by atoms with Gasteiger partial charge in [-0.05, 0) is 23.6 Å². The standard InChI is InChI=1S/C16H10N4S/c1-20-14-9-18-11(7-17)6-12(14)13-5-10(8-19-16(13)20)15-3-2-4-21-15/h2-6,8-9H,1H3. The smallest absolute Gasteiger partial charge is 0.141 e. The van der Waals surface area contributed by atoms with Crippen molar-refractivity contribution in [1.29, 1.82) is 5.26 Å². The summed E-state index contributed by atoms with van der Waals surface area (Å²) in [6, 6.07) is 10.2. The normalized spacial score (nSPS) is 11.0. The fourth-order valence-electron chi connectivity index (χ4n) is 2.61. The zero-order chi connectivity index (χ0) is 14.4. The minimum atomic E-state index is 0.427. The van der Waals surface area contributed by atoms with Crippen LogP contribution in [0.25, 0.3) is 32.4 Å². The van der Waals surface area contributed by atoms with Crippen molar-refractivity contribution in [2.45, 2.75) is 0 Å². The summed E-state index contributed by atoms with van der Waals surface area (Å²) in [7, 11) is 1.97. The van der Waals surface area contributed by atoms with Crippen LogP contribution in [0.3, 0.4) is 0 Å². The predicted molar refractivity (Wildman–Crippen MR) is 84.0 cm³/mol. The minimum absolute atomic E-state index is 0.427. The summed E-state index contributed by atoms with van der Waals surface area (Å²) in [5, 5.41) is 13.2. The largest absolute Gasteiger partial charge is 0.327 e. The molecular weight excluding hydrogens is 280 g/mol. The van der Waals surface area contributed by atoms with Gasteiger partial charge >= 0.3 is 0 Å². The summed E-state index contributed by atoms with van der Waals surface area (Å²) in [5.41, 5.74) is 3.42. The number of aryl methyl sites for hydroxylation is 1. The molecule has 4 heterocycles. The summed E-state index contributed by atoms with van der Waals surface area (Å²) in [5.74, 6) is 0. The Hall–Kier alpha value is -2.71. The highest BCUT2D eigenvalue weighted by molar-refractivity contribution is 7.13. The van der Waals surface area contributed by atoms with Crippen molar-refractivity contribution >= 4 is 33.3 Å². The molecule has 0 aliphatic carbocycles. The second kappa shape index (κ2) is 4.40. The molecule has 0 fully saturated rings. The molecule has 0 spiro atoms. The fourth-order valence-corrected chi connectivity index (χ4v) is 3.32. The van der Waals surface area contributed by atoms with E-state index >= 15 is 0 Å². The molecular formula is C16H10N4S. The maximum absolute atomic E-state index is 9.05. The zero-order valence-corrected chi connectivity index (χ0v) is 12.1. The second-order valence-electron chi connectivity index (χ2n) is 4.83. The number of hydrogen-bond donors (Lipinski definition) is 0. The third-order valence-corrected chi connectivity index (χ3v) is 4.56. The Morgan fingerprint density at radius 1 is 1.19 bits per heavy atom. The number of thiophene rings is 1. The molecule has 0 radical (unpaired) electrons. The Labute approximate surface area is 124 Å². The van der Waals surface area contributed by atoms with Gasteiger partial charge in [0.2, 0.25) is 0 Å². The summed E-state index contributed by atoms with van der Waals surface area (Å²) < 4.78 is 2.01. The molecule has 0 aromatic carbocycles. The van der Waals surface area contributed by atoms with Crippen molar-refractivity contribution in [1.82, 2.24) is 14.5 Å². The van der Waals surface area contributed by atoms with E-state index in [0.29, 0.717) is 5.69 Å². The number of aromatic nitrogens is 3. The molecule has 0 aliphatic rings. The molecule has 100 valence electrons. The maximum Gasteiger partial charge on any atom is 0.141 e. The predicted octanol–water partition coefficient (Wildman–Crippen LogP) is 3.72. The van der Waals surface area contributed by atoms with Gasteiger partial charge in [-0.1, -0.05) is 6.07 Å². The van der Waals surface area contributed by atoms with Crippen LogP contribution in [0, 0.1) is 11.3 Å². The molecule has 0 aliphatic heterocycles. The third-order valence-electron chi connectivity index (χ3n) is 3.64. The van der Waals surface area contributed by atoms with Gasteiger partial charge in [0, 0.05) is 34.5 Å². The second-order valence-corrected chi connectivity index (χ2v) is 5.78. The Morgan fingerprint density at radius 3 is 2.86 bits per heavy atom. The zero-order valence-electron chi connectivity index (χ0n) is 11.2. The molecule has 0 amide bonds. The topological polar surface area (TPSA) is 54.5 Å². The van der Waals surface area contributed by atoms with E-state index in [9.17, 15) is 0 Å². The van der Waals surface area contributed by atoms with E-state index in [1.54, 1.807) is 17.5 Å². The first-order chi connectivity index (χ1) is 10.3. The van der Waals surface area contributed by atoms with E-state index in [-0.39, 0.29) is 0 Å². The van der Waals surface area contributed by atoms with Crippen LogP contribution < -0.4 is 0 Å². The number of pyridine rings is 2. The van der Waals surface area contributed by atoms with Crippen LogP contribution in [0.1, 0.15) is 5.69 Å². The van der Waals surface area contributed by atoms with Crippen LogP contribution in [0.2, 0.25) is 0 Å². The lowest BCUT2D eigenvalue weighted by molar-refractivity contribution is 0.985. The van der Waals surface area contributed by atoms with E-state index in [4.69, 9.17) is 5.26 Å². The van der Waals surface area contributed by atoms with Gasteiger partial charge in [-0.2, -0.15) is 5.26 Å². The Bertz CT molecular complexity index is 1010. The number of nitrogens with zero attached hydrogens (tertiary/aromatic N) is 4. The van der Waals surface area contributed by atoms with Crippen molar-refractivity contribution in [3.8, 4) is 16.5 Å². The van der Waals surface area contributed by atoms with Crippen LogP contribution in [0.5, 0.6) is 0 Å². The van der Waals surface area contributed by atoms with Crippen LogP contribution in [0.4, 0.5) is 0 Å². The first kappa shape index (κ1) is 12.1. The van der Waals surface area contributed by atoms with Crippen LogP contribution in [-0.2, 0) is 7.05 Å². The monoisotopic (exact) mass is 290 g/mol. The highest BCUT2D eigenvalue weighted by Gasteiger charge is 2.12. The first-order valence-corrected chi connectivity index (χ1v) is 7.34. The molecule has 21 heavy (non-hydrogen) atoms. The maximum atomic E-state index is 9.05. The number of fused-ring (bicyclic) bond motifs is 3. The van der Waals surface area contributed by atoms with E-state index in [2.05, 4.69) is 33.5 Å². The van der Waals surface area contributed by atoms with Crippen LogP contribution in [-0.4, -0.2) is 14.5 Å². The Balaban J connectivity index is 2.10. The minimum Gasteiger partial charge on any atom is -0.327 e. The number of nitriles is 1. The SMILES string of the molecule is Cn1c2cnc(C#N)cc2c2cc(-c3cccs3)cnc21. The van der Waals surface area contributed by atoms with E-state index < -0.39 is 0 Å². The molecule has 0 bridgehead atoms. The summed E-state index contributed by atoms with van der Waals surface area (Å²) >= 11 is 1.69. The lowest BCUT2D eigenvalue weighted by atomic mass is 10.1. The molecule has 0 N–H and O–H groups in total. The average Bonchev–Trinajstić information content (AvgIpc) is 3.15. The van der Waals surface area contributed by atoms with E-state index in [1.165, 1.54) is 4.88 Å². The average molecular weight is 290 g/mol. The number of hydrogen-bond acceptors (Lipinski definition) is 4. The van der Waals surface area contributed by atoms with Gasteiger partial charge in [0.25, 0.3) is 0 Å². The molecule has 4 rings (SSSR count). The quantitative estimate of drug-likeness (QED) is 0.537. The first-order valence-electron chi connectivity index (χ1n) is 6.46. The summed E-state index contributed by atoms with van der Waals surface area (Å²) in [4.78, 5) is 9.93. The van der Waals surface area contributed by atoms with Crippen molar-refractivity contribution in [3.63, 3.8) is 0 Å². The van der Waals surface area contributed by atoms with Crippen molar-refractivity contribution in [3.05, 3.63) is 47.7 Å². The Kier molecular flexibility index (Phi) is 2.53. The molecule has 0 saturated heterocycles. The van der Waals surface area contributed by atoms with Crippen molar-refractivity contribution in [2.24, 2.45) is 7.05 Å². The van der Waals surface area contributed by atoms with Gasteiger partial charge in [0.1, 0.15) is 17.4 Å². The van der Waals surface area contributed by atoms with Gasteiger partial charge in [-0.15, -0.1) is 11.3 Å². The molecule has 4 aromatic rings. The van der Waals surface area contributed by atoms with Crippen LogP contribution >= 0.6 is 11.3 Å². The van der Waals surface area contributed by atoms with Gasteiger partial charge in [0.05, 0.1) is 11.7 Å². The van der Waals surface area contributed by atoms with Gasteiger partial charge < -0.3 is 4.57 Å². The van der Waals surface area contributed by atoms with Crippen molar-refractivity contribution in [2.75, 3.05) is 0 Å².